The highest BCUT2D eigenvalue weighted by molar-refractivity contribution is 5.94. The molecule has 6 N–H and O–H groups in total. The van der Waals surface area contributed by atoms with Crippen molar-refractivity contribution in [2.24, 2.45) is 5.92 Å². The fourth-order valence-electron chi connectivity index (χ4n) is 5.93. The number of esters is 2. The Hall–Kier alpha value is -3.52. The molecule has 1 aliphatic heterocycles. The Balaban J connectivity index is 1.74. The molecule has 0 radical (unpaired) electrons. The van der Waals surface area contributed by atoms with Gasteiger partial charge < -0.3 is 49.6 Å². The van der Waals surface area contributed by atoms with Crippen molar-refractivity contribution in [3.8, 4) is 11.5 Å². The predicted molar refractivity (Wildman–Crippen MR) is 156 cm³/mol. The summed E-state index contributed by atoms with van der Waals surface area (Å²) in [6.45, 7) is 0.228. The van der Waals surface area contributed by atoms with E-state index < -0.39 is 49.3 Å². The van der Waals surface area contributed by atoms with Crippen LogP contribution in [0.3, 0.4) is 0 Å². The van der Waals surface area contributed by atoms with Crippen LogP contribution >= 0.6 is 0 Å². The number of aromatic hydroxyl groups is 1. The number of aryl methyl sites for hydroxylation is 1. The van der Waals surface area contributed by atoms with Crippen LogP contribution in [0, 0.1) is 5.92 Å². The largest absolute Gasteiger partial charge is 0.504 e. The number of ether oxygens (including phenoxy) is 4. The fourth-order valence-corrected chi connectivity index (χ4v) is 5.93. The Labute approximate surface area is 255 Å². The zero-order valence-electron chi connectivity index (χ0n) is 24.7. The van der Waals surface area contributed by atoms with E-state index in [-0.39, 0.29) is 48.5 Å². The van der Waals surface area contributed by atoms with Crippen molar-refractivity contribution in [1.82, 2.24) is 0 Å². The van der Waals surface area contributed by atoms with E-state index in [0.29, 0.717) is 18.4 Å². The first-order valence-electron chi connectivity index (χ1n) is 14.5. The minimum atomic E-state index is -1.83. The minimum Gasteiger partial charge on any atom is -0.504 e. The quantitative estimate of drug-likeness (QED) is 0.155. The molecular weight excluding hydrogens is 576 g/mol. The Morgan fingerprint density at radius 2 is 1.80 bits per heavy atom. The molecule has 0 saturated carbocycles. The van der Waals surface area contributed by atoms with E-state index in [0.717, 1.165) is 30.0 Å². The summed E-state index contributed by atoms with van der Waals surface area (Å²) in [7, 11) is 1.39. The molecule has 1 saturated heterocycles. The van der Waals surface area contributed by atoms with Crippen molar-refractivity contribution in [2.45, 2.75) is 69.2 Å². The lowest BCUT2D eigenvalue weighted by Gasteiger charge is -2.41. The van der Waals surface area contributed by atoms with E-state index in [4.69, 9.17) is 18.9 Å². The van der Waals surface area contributed by atoms with Gasteiger partial charge in [0.2, 0.25) is 0 Å². The van der Waals surface area contributed by atoms with Crippen molar-refractivity contribution >= 4 is 18.0 Å². The van der Waals surface area contributed by atoms with Crippen LogP contribution < -0.4 is 4.74 Å². The van der Waals surface area contributed by atoms with Gasteiger partial charge in [-0.2, -0.15) is 0 Å². The topological polar surface area (TPSA) is 192 Å². The van der Waals surface area contributed by atoms with Crippen LogP contribution in [0.15, 0.2) is 42.0 Å². The molecule has 2 aromatic rings. The number of carbonyl (C=O) groups excluding carboxylic acids is 2. The molecule has 0 spiro atoms. The summed E-state index contributed by atoms with van der Waals surface area (Å²) in [5.74, 6) is -2.20. The monoisotopic (exact) mass is 616 g/mol. The van der Waals surface area contributed by atoms with Crippen molar-refractivity contribution < 1.29 is 59.2 Å². The Bertz CT molecular complexity index is 1340. The Morgan fingerprint density at radius 3 is 2.45 bits per heavy atom. The summed E-state index contributed by atoms with van der Waals surface area (Å²) < 4.78 is 21.3. The second-order valence-corrected chi connectivity index (χ2v) is 11.1. The lowest BCUT2D eigenvalue weighted by atomic mass is 9.72. The van der Waals surface area contributed by atoms with Gasteiger partial charge in [-0.1, -0.05) is 24.3 Å². The fraction of sp³-hybridized carbons (Fsp3) is 0.500. The van der Waals surface area contributed by atoms with E-state index in [1.54, 1.807) is 6.07 Å². The van der Waals surface area contributed by atoms with Crippen molar-refractivity contribution in [3.63, 3.8) is 0 Å². The van der Waals surface area contributed by atoms with Crippen LogP contribution in [-0.2, 0) is 36.6 Å². The molecule has 240 valence electrons. The smallest absolute Gasteiger partial charge is 0.334 e. The van der Waals surface area contributed by atoms with Gasteiger partial charge in [-0.3, -0.25) is 4.79 Å². The summed E-state index contributed by atoms with van der Waals surface area (Å²) in [6.07, 6.45) is -4.43. The average molecular weight is 617 g/mol. The number of phenols is 1. The number of hydrogen-bond donors (Lipinski definition) is 6. The lowest BCUT2D eigenvalue weighted by molar-refractivity contribution is -0.292. The SMILES string of the molecule is COc1cc(C=C(C[C@@H]2c3cc(CCO)ccc3CC[C@@H]2CO)C(=O)O[C@@H]2[C@@H](OC(C)=O)[C@@H](O)[C@H](CO)O[C@H]2O)ccc1O. The number of benzene rings is 2. The first-order chi connectivity index (χ1) is 21.1. The first-order valence-corrected chi connectivity index (χ1v) is 14.5. The standard InChI is InChI=1S/C32H40O12/c1-17(36)42-29-28(38)27(16-35)43-32(40)30(29)44-31(39)22(11-19-4-8-25(37)26(13-19)41-2)14-24-21(15-34)7-6-20-5-3-18(9-10-33)12-23(20)24/h3-5,8,11-13,21,24,27-30,32-35,37-38,40H,6-7,9-10,14-16H2,1-2H3/t21-,24+,27+,28+,29+,30-,32-/m1/s1. The summed E-state index contributed by atoms with van der Waals surface area (Å²) in [4.78, 5) is 25.8. The molecule has 1 heterocycles. The third-order valence-electron chi connectivity index (χ3n) is 8.21. The van der Waals surface area contributed by atoms with Crippen LogP contribution in [0.25, 0.3) is 6.08 Å². The van der Waals surface area contributed by atoms with E-state index >= 15 is 0 Å². The molecule has 0 bridgehead atoms. The number of phenolic OH excluding ortho intramolecular Hbond substituents is 1. The van der Waals surface area contributed by atoms with Crippen LogP contribution in [0.5, 0.6) is 11.5 Å². The number of rotatable bonds is 11. The number of aliphatic hydroxyl groups is 5. The molecule has 2 aromatic carbocycles. The van der Waals surface area contributed by atoms with Gasteiger partial charge in [0.1, 0.15) is 12.2 Å². The Kier molecular flexibility index (Phi) is 11.4. The number of methoxy groups -OCH3 is 1. The molecule has 0 unspecified atom stereocenters. The summed E-state index contributed by atoms with van der Waals surface area (Å²) >= 11 is 0. The van der Waals surface area contributed by atoms with Crippen molar-refractivity contribution in [1.29, 1.82) is 0 Å². The zero-order chi connectivity index (χ0) is 32.0. The van der Waals surface area contributed by atoms with E-state index in [9.17, 15) is 40.2 Å². The number of carbonyl (C=O) groups is 2. The lowest BCUT2D eigenvalue weighted by Crippen LogP contribution is -2.61. The second-order valence-electron chi connectivity index (χ2n) is 11.1. The first kappa shape index (κ1) is 33.4. The Morgan fingerprint density at radius 1 is 1.02 bits per heavy atom. The minimum absolute atomic E-state index is 0.0364. The molecule has 2 aliphatic rings. The number of aliphatic hydroxyl groups excluding tert-OH is 5. The maximum Gasteiger partial charge on any atom is 0.334 e. The molecule has 12 heteroatoms. The van der Waals surface area contributed by atoms with Crippen LogP contribution in [0.2, 0.25) is 0 Å². The molecule has 12 nitrogen and oxygen atoms in total. The third-order valence-corrected chi connectivity index (χ3v) is 8.21. The van der Waals surface area contributed by atoms with Crippen LogP contribution in [0.1, 0.15) is 47.9 Å². The second kappa shape index (κ2) is 15.0. The molecule has 0 amide bonds. The van der Waals surface area contributed by atoms with Gasteiger partial charge in [0.05, 0.1) is 13.7 Å². The summed E-state index contributed by atoms with van der Waals surface area (Å²) in [5, 5.41) is 60.8. The molecule has 4 rings (SSSR count). The van der Waals surface area contributed by atoms with Crippen LogP contribution in [0.4, 0.5) is 0 Å². The van der Waals surface area contributed by atoms with Crippen molar-refractivity contribution in [2.75, 3.05) is 26.9 Å². The zero-order valence-corrected chi connectivity index (χ0v) is 24.7. The molecule has 7 atom stereocenters. The number of hydrogen-bond acceptors (Lipinski definition) is 12. The maximum atomic E-state index is 13.9. The highest BCUT2D eigenvalue weighted by atomic mass is 16.7. The highest BCUT2D eigenvalue weighted by Gasteiger charge is 2.49. The molecule has 44 heavy (non-hydrogen) atoms. The molecule has 1 aliphatic carbocycles. The predicted octanol–water partition coefficient (Wildman–Crippen LogP) is 0.961. The van der Waals surface area contributed by atoms with Crippen molar-refractivity contribution in [3.05, 3.63) is 64.2 Å². The average Bonchev–Trinajstić information content (AvgIpc) is 3.01. The van der Waals surface area contributed by atoms with Gasteiger partial charge >= 0.3 is 11.9 Å². The van der Waals surface area contributed by atoms with E-state index in [2.05, 4.69) is 0 Å². The van der Waals surface area contributed by atoms with E-state index in [1.165, 1.54) is 25.3 Å². The normalized spacial score (nSPS) is 26.9. The number of fused-ring (bicyclic) bond motifs is 1. The molecule has 1 fully saturated rings. The maximum absolute atomic E-state index is 13.9. The summed E-state index contributed by atoms with van der Waals surface area (Å²) in [6, 6.07) is 10.4. The van der Waals surface area contributed by atoms with Gasteiger partial charge in [0.15, 0.2) is 30.0 Å². The summed E-state index contributed by atoms with van der Waals surface area (Å²) in [5.41, 5.74) is 3.50. The van der Waals surface area contributed by atoms with Gasteiger partial charge in [-0.15, -0.1) is 0 Å². The van der Waals surface area contributed by atoms with Gasteiger partial charge in [0, 0.05) is 25.7 Å². The highest BCUT2D eigenvalue weighted by Crippen LogP contribution is 2.42. The van der Waals surface area contributed by atoms with Crippen LogP contribution in [-0.4, -0.2) is 100 Å². The van der Waals surface area contributed by atoms with E-state index in [1.807, 2.05) is 18.2 Å². The van der Waals surface area contributed by atoms with Gasteiger partial charge in [-0.05, 0) is 78.0 Å². The van der Waals surface area contributed by atoms with Gasteiger partial charge in [-0.25, -0.2) is 4.79 Å². The van der Waals surface area contributed by atoms with Gasteiger partial charge in [0.25, 0.3) is 0 Å². The molecule has 0 aromatic heterocycles. The third kappa shape index (κ3) is 7.57. The molecular formula is C32H40O12.